The zero-order valence-corrected chi connectivity index (χ0v) is 17.3. The molecule has 1 unspecified atom stereocenters. The number of aromatic nitrogens is 3. The topological polar surface area (TPSA) is 88.9 Å². The molecule has 2 N–H and O–H groups in total. The molecular weight excluding hydrogens is 431 g/mol. The molecule has 31 heavy (non-hydrogen) atoms. The number of nitrogens with zero attached hydrogens (tertiary/aromatic N) is 3. The van der Waals surface area contributed by atoms with Gasteiger partial charge in [0.1, 0.15) is 17.5 Å². The molecule has 0 aliphatic heterocycles. The maximum atomic E-state index is 13.8. The summed E-state index contributed by atoms with van der Waals surface area (Å²) in [5, 5.41) is 13.3. The number of carbonyl (C=O) groups is 2. The molecule has 0 fully saturated rings. The van der Waals surface area contributed by atoms with Crippen molar-refractivity contribution in [1.29, 1.82) is 0 Å². The summed E-state index contributed by atoms with van der Waals surface area (Å²) in [6, 6.07) is 7.78. The maximum Gasteiger partial charge on any atom is 0.254 e. The van der Waals surface area contributed by atoms with Gasteiger partial charge in [-0.2, -0.15) is 0 Å². The first kappa shape index (κ1) is 22.3. The summed E-state index contributed by atoms with van der Waals surface area (Å²) >= 11 is 1.03. The van der Waals surface area contributed by atoms with E-state index >= 15 is 0 Å². The quantitative estimate of drug-likeness (QED) is 0.540. The van der Waals surface area contributed by atoms with Crippen LogP contribution in [-0.2, 0) is 11.8 Å². The molecule has 11 heteroatoms. The Bertz CT molecular complexity index is 1120. The summed E-state index contributed by atoms with van der Waals surface area (Å²) in [4.78, 5) is 24.3. The number of nitrogens with one attached hydrogen (secondary N) is 2. The number of rotatable bonds is 7. The van der Waals surface area contributed by atoms with E-state index in [-0.39, 0.29) is 17.0 Å². The molecular formula is C20H18F3N5O2S. The number of carbonyl (C=O) groups excluding carboxylic acids is 2. The van der Waals surface area contributed by atoms with Gasteiger partial charge in [-0.05, 0) is 31.2 Å². The lowest BCUT2D eigenvalue weighted by atomic mass is 10.2. The first-order valence-corrected chi connectivity index (χ1v) is 10.1. The molecule has 7 nitrogen and oxygen atoms in total. The summed E-state index contributed by atoms with van der Waals surface area (Å²) in [5.41, 5.74) is -0.346. The number of halogens is 3. The van der Waals surface area contributed by atoms with Gasteiger partial charge in [0.2, 0.25) is 5.91 Å². The molecule has 1 heterocycles. The number of hydrogen-bond acceptors (Lipinski definition) is 5. The van der Waals surface area contributed by atoms with Crippen molar-refractivity contribution in [2.45, 2.75) is 18.1 Å². The summed E-state index contributed by atoms with van der Waals surface area (Å²) < 4.78 is 42.2. The Labute approximate surface area is 180 Å². The van der Waals surface area contributed by atoms with Gasteiger partial charge in [0.05, 0.1) is 23.0 Å². The molecule has 162 valence electrons. The van der Waals surface area contributed by atoms with E-state index < -0.39 is 35.3 Å². The van der Waals surface area contributed by atoms with Crippen molar-refractivity contribution in [3.63, 3.8) is 0 Å². The Morgan fingerprint density at radius 1 is 1.10 bits per heavy atom. The molecule has 0 spiro atoms. The van der Waals surface area contributed by atoms with Crippen molar-refractivity contribution >= 4 is 29.3 Å². The zero-order valence-electron chi connectivity index (χ0n) is 16.5. The average Bonchev–Trinajstić information content (AvgIpc) is 3.10. The van der Waals surface area contributed by atoms with Crippen LogP contribution in [0.3, 0.4) is 0 Å². The fourth-order valence-corrected chi connectivity index (χ4v) is 3.44. The molecule has 2 aromatic carbocycles. The van der Waals surface area contributed by atoms with Crippen LogP contribution < -0.4 is 10.6 Å². The van der Waals surface area contributed by atoms with E-state index in [1.807, 2.05) is 0 Å². The van der Waals surface area contributed by atoms with Crippen molar-refractivity contribution < 1.29 is 22.8 Å². The first-order chi connectivity index (χ1) is 14.8. The highest BCUT2D eigenvalue weighted by Crippen LogP contribution is 2.21. The van der Waals surface area contributed by atoms with Gasteiger partial charge >= 0.3 is 0 Å². The molecule has 0 bridgehead atoms. The minimum Gasteiger partial charge on any atom is -0.342 e. The largest absolute Gasteiger partial charge is 0.342 e. The van der Waals surface area contributed by atoms with E-state index in [0.29, 0.717) is 11.0 Å². The number of benzene rings is 2. The van der Waals surface area contributed by atoms with Crippen LogP contribution in [-0.4, -0.2) is 32.3 Å². The molecule has 1 atom stereocenters. The predicted octanol–water partition coefficient (Wildman–Crippen LogP) is 3.45. The second-order valence-corrected chi connectivity index (χ2v) is 7.48. The minimum absolute atomic E-state index is 0.0904. The summed E-state index contributed by atoms with van der Waals surface area (Å²) in [6.45, 7) is 1.66. The Balaban J connectivity index is 1.60. The van der Waals surface area contributed by atoms with E-state index in [2.05, 4.69) is 20.8 Å². The molecule has 0 saturated carbocycles. The van der Waals surface area contributed by atoms with Crippen LogP contribution in [0.5, 0.6) is 0 Å². The lowest BCUT2D eigenvalue weighted by molar-refractivity contribution is -0.113. The molecule has 1 aromatic heterocycles. The Hall–Kier alpha value is -3.34. The van der Waals surface area contributed by atoms with E-state index in [9.17, 15) is 22.8 Å². The molecule has 0 aliphatic rings. The predicted molar refractivity (Wildman–Crippen MR) is 109 cm³/mol. The normalized spacial score (nSPS) is 11.8. The highest BCUT2D eigenvalue weighted by molar-refractivity contribution is 7.99. The van der Waals surface area contributed by atoms with Gasteiger partial charge in [-0.1, -0.05) is 23.9 Å². The maximum absolute atomic E-state index is 13.8. The van der Waals surface area contributed by atoms with Crippen LogP contribution in [0.4, 0.5) is 18.9 Å². The van der Waals surface area contributed by atoms with E-state index in [1.165, 1.54) is 18.2 Å². The minimum atomic E-state index is -0.750. The molecule has 0 radical (unpaired) electrons. The van der Waals surface area contributed by atoms with Gasteiger partial charge in [0.25, 0.3) is 5.91 Å². The zero-order chi connectivity index (χ0) is 22.5. The van der Waals surface area contributed by atoms with Crippen LogP contribution in [0.25, 0.3) is 0 Å². The number of anilines is 1. The SMILES string of the molecule is CC(NC(=O)c1ccccc1F)c1nnc(SCC(=O)Nc2cc(F)ccc2F)n1C. The van der Waals surface area contributed by atoms with Crippen LogP contribution in [0.2, 0.25) is 0 Å². The van der Waals surface area contributed by atoms with Gasteiger partial charge < -0.3 is 15.2 Å². The lowest BCUT2D eigenvalue weighted by Gasteiger charge is -2.14. The fraction of sp³-hybridized carbons (Fsp3) is 0.200. The monoisotopic (exact) mass is 449 g/mol. The summed E-state index contributed by atoms with van der Waals surface area (Å²) in [5.74, 6) is -2.95. The Kier molecular flexibility index (Phi) is 6.95. The molecule has 2 amide bonds. The van der Waals surface area contributed by atoms with Crippen LogP contribution in [0.15, 0.2) is 47.6 Å². The number of thioether (sulfide) groups is 1. The number of amides is 2. The third-order valence-corrected chi connectivity index (χ3v) is 5.28. The third kappa shape index (κ3) is 5.43. The fourth-order valence-electron chi connectivity index (χ4n) is 2.72. The number of hydrogen-bond donors (Lipinski definition) is 2. The van der Waals surface area contributed by atoms with Gasteiger partial charge in [-0.25, -0.2) is 13.2 Å². The molecule has 3 rings (SSSR count). The van der Waals surface area contributed by atoms with Gasteiger partial charge in [-0.15, -0.1) is 10.2 Å². The van der Waals surface area contributed by atoms with Crippen molar-refractivity contribution in [2.75, 3.05) is 11.1 Å². The van der Waals surface area contributed by atoms with Crippen LogP contribution >= 0.6 is 11.8 Å². The smallest absolute Gasteiger partial charge is 0.254 e. The van der Waals surface area contributed by atoms with Crippen molar-refractivity contribution in [3.05, 3.63) is 71.3 Å². The Morgan fingerprint density at radius 3 is 2.58 bits per heavy atom. The van der Waals surface area contributed by atoms with Gasteiger partial charge in [-0.3, -0.25) is 9.59 Å². The van der Waals surface area contributed by atoms with Crippen molar-refractivity contribution in [1.82, 2.24) is 20.1 Å². The second kappa shape index (κ2) is 9.65. The highest BCUT2D eigenvalue weighted by atomic mass is 32.2. The standard InChI is InChI=1S/C20H18F3N5O2S/c1-11(24-19(30)13-5-3-4-6-14(13)22)18-26-27-20(28(18)2)31-10-17(29)25-16-9-12(21)7-8-15(16)23/h3-9,11H,10H2,1-2H3,(H,24,30)(H,25,29). The first-order valence-electron chi connectivity index (χ1n) is 9.08. The highest BCUT2D eigenvalue weighted by Gasteiger charge is 2.20. The average molecular weight is 449 g/mol. The van der Waals surface area contributed by atoms with Gasteiger partial charge in [0.15, 0.2) is 11.0 Å². The third-order valence-electron chi connectivity index (χ3n) is 4.26. The lowest BCUT2D eigenvalue weighted by Crippen LogP contribution is -2.29. The molecule has 0 saturated heterocycles. The molecule has 3 aromatic rings. The molecule has 0 aliphatic carbocycles. The van der Waals surface area contributed by atoms with E-state index in [1.54, 1.807) is 24.6 Å². The van der Waals surface area contributed by atoms with E-state index in [0.717, 1.165) is 30.0 Å². The Morgan fingerprint density at radius 2 is 1.84 bits per heavy atom. The van der Waals surface area contributed by atoms with Crippen LogP contribution in [0, 0.1) is 17.5 Å². The second-order valence-electron chi connectivity index (χ2n) is 6.54. The summed E-state index contributed by atoms with van der Waals surface area (Å²) in [7, 11) is 1.65. The van der Waals surface area contributed by atoms with E-state index in [4.69, 9.17) is 0 Å². The van der Waals surface area contributed by atoms with Gasteiger partial charge in [0, 0.05) is 13.1 Å². The van der Waals surface area contributed by atoms with Crippen molar-refractivity contribution in [2.24, 2.45) is 7.05 Å². The van der Waals surface area contributed by atoms with Crippen molar-refractivity contribution in [3.8, 4) is 0 Å². The summed E-state index contributed by atoms with van der Waals surface area (Å²) in [6.07, 6.45) is 0. The van der Waals surface area contributed by atoms with Crippen LogP contribution in [0.1, 0.15) is 29.1 Å².